The Bertz CT molecular complexity index is 1830. The van der Waals surface area contributed by atoms with E-state index in [9.17, 15) is 30.2 Å². The number of rotatable bonds is 28. The average molecular weight is 831 g/mol. The highest BCUT2D eigenvalue weighted by molar-refractivity contribution is 7.47. The summed E-state index contributed by atoms with van der Waals surface area (Å²) < 4.78 is 53.4. The number of methoxy groups -OCH3 is 2. The first-order valence-electron chi connectivity index (χ1n) is 20.1. The zero-order valence-corrected chi connectivity index (χ0v) is 34.7. The van der Waals surface area contributed by atoms with E-state index in [-0.39, 0.29) is 40.9 Å². The molecule has 320 valence electrons. The summed E-state index contributed by atoms with van der Waals surface area (Å²) in [4.78, 5) is 14.6. The highest BCUT2D eigenvalue weighted by Gasteiger charge is 2.58. The molecule has 3 heterocycles. The summed E-state index contributed by atoms with van der Waals surface area (Å²) in [5, 5.41) is 45.7. The molecule has 1 saturated heterocycles. The molecule has 0 radical (unpaired) electrons. The van der Waals surface area contributed by atoms with Crippen LogP contribution < -0.4 is 19.9 Å². The van der Waals surface area contributed by atoms with E-state index in [1.165, 1.54) is 114 Å². The maximum absolute atomic E-state index is 13.1. The quantitative estimate of drug-likeness (QED) is 0.0475. The predicted molar refractivity (Wildman–Crippen MR) is 213 cm³/mol. The molecule has 18 heteroatoms. The van der Waals surface area contributed by atoms with Crippen molar-refractivity contribution in [2.45, 2.75) is 127 Å². The lowest BCUT2D eigenvalue weighted by Gasteiger charge is -2.24. The fourth-order valence-corrected chi connectivity index (χ4v) is 7.69. The van der Waals surface area contributed by atoms with Gasteiger partial charge in [0.15, 0.2) is 5.82 Å². The number of benzene rings is 1. The number of aromatic nitrogens is 3. The molecule has 3 aromatic rings. The molecule has 58 heavy (non-hydrogen) atoms. The number of phosphoric ester groups is 1. The smallest absolute Gasteiger partial charge is 0.472 e. The van der Waals surface area contributed by atoms with Gasteiger partial charge in [0.1, 0.15) is 71.2 Å². The summed E-state index contributed by atoms with van der Waals surface area (Å²) in [5.41, 5.74) is 4.34. The lowest BCUT2D eigenvalue weighted by atomic mass is 9.92. The third kappa shape index (κ3) is 12.7. The number of anilines is 1. The zero-order valence-electron chi connectivity index (χ0n) is 33.8. The molecule has 1 aliphatic heterocycles. The average Bonchev–Trinajstić information content (AvgIpc) is 3.77. The van der Waals surface area contributed by atoms with E-state index in [2.05, 4.69) is 17.0 Å². The second-order valence-corrected chi connectivity index (χ2v) is 15.8. The van der Waals surface area contributed by atoms with Crippen molar-refractivity contribution >= 4 is 19.2 Å². The van der Waals surface area contributed by atoms with Crippen LogP contribution in [0.1, 0.15) is 108 Å². The molecule has 1 fully saturated rings. The first-order chi connectivity index (χ1) is 28.0. The number of hydrogen-bond acceptors (Lipinski definition) is 15. The molecule has 4 rings (SSSR count). The highest BCUT2D eigenvalue weighted by atomic mass is 31.2. The molecule has 0 bridgehead atoms. The van der Waals surface area contributed by atoms with E-state index in [1.54, 1.807) is 0 Å². The minimum absolute atomic E-state index is 0.0241. The van der Waals surface area contributed by atoms with Crippen molar-refractivity contribution in [2.75, 3.05) is 46.4 Å². The second kappa shape index (κ2) is 23.5. The van der Waals surface area contributed by atoms with Gasteiger partial charge in [-0.05, 0) is 18.6 Å². The Labute approximate surface area is 340 Å². The van der Waals surface area contributed by atoms with E-state index in [1.807, 2.05) is 12.1 Å². The van der Waals surface area contributed by atoms with Crippen LogP contribution in [0.2, 0.25) is 0 Å². The number of fused-ring (bicyclic) bond motifs is 1. The molecule has 2 aromatic heterocycles. The Morgan fingerprint density at radius 3 is 2.10 bits per heavy atom. The fourth-order valence-electron chi connectivity index (χ4n) is 6.92. The third-order valence-corrected chi connectivity index (χ3v) is 11.1. The van der Waals surface area contributed by atoms with Gasteiger partial charge in [-0.1, -0.05) is 90.4 Å². The van der Waals surface area contributed by atoms with Gasteiger partial charge in [0.05, 0.1) is 39.7 Å². The normalized spacial score (nSPS) is 20.7. The van der Waals surface area contributed by atoms with Crippen molar-refractivity contribution in [3.63, 3.8) is 0 Å². The van der Waals surface area contributed by atoms with E-state index in [4.69, 9.17) is 38.5 Å². The number of nitriles is 2. The van der Waals surface area contributed by atoms with Gasteiger partial charge in [-0.15, -0.1) is 0 Å². The maximum atomic E-state index is 13.1. The van der Waals surface area contributed by atoms with Crippen LogP contribution >= 0.6 is 7.82 Å². The lowest BCUT2D eigenvalue weighted by Crippen LogP contribution is -2.41. The van der Waals surface area contributed by atoms with Crippen molar-refractivity contribution in [3.05, 3.63) is 41.9 Å². The summed E-state index contributed by atoms with van der Waals surface area (Å²) in [6.07, 6.45) is 12.5. The third-order valence-electron chi connectivity index (χ3n) is 10.2. The van der Waals surface area contributed by atoms with Gasteiger partial charge >= 0.3 is 7.82 Å². The van der Waals surface area contributed by atoms with Crippen LogP contribution in [0.4, 0.5) is 5.82 Å². The molecule has 6 atom stereocenters. The number of unbranched alkanes of at least 4 members (excludes halogenated alkanes) is 13. The van der Waals surface area contributed by atoms with Crippen LogP contribution in [-0.4, -0.2) is 94.8 Å². The highest BCUT2D eigenvalue weighted by Crippen LogP contribution is 2.46. The largest absolute Gasteiger partial charge is 0.495 e. The first kappa shape index (κ1) is 46.7. The van der Waals surface area contributed by atoms with Gasteiger partial charge < -0.3 is 44.5 Å². The molecule has 0 amide bonds. The Kier molecular flexibility index (Phi) is 18.9. The standard InChI is InChI=1S/C40H59N6O11P/c1-4-5-6-7-8-9-10-11-12-13-14-15-16-17-20-53-24-30(56-29-21-33(51-2)31(23-41)34(22-29)52-3)25-54-58(49,50)55-26-35-37(47)38(48)40(27-42,57-35)36-19-18-32-39(43)44-28-45-46(32)36/h18-19,21-22,28,30,35,37-38,47-48H,4-17,20,24-26H2,1-3H3,(H,49,50)(H2,43,44,45)/t30-,35-,37-,38-,40+/m1/s1. The molecule has 17 nitrogen and oxygen atoms in total. The molecular weight excluding hydrogens is 771 g/mol. The fraction of sp³-hybridized carbons (Fsp3) is 0.650. The zero-order chi connectivity index (χ0) is 42.0. The van der Waals surface area contributed by atoms with E-state index in [0.29, 0.717) is 12.1 Å². The summed E-state index contributed by atoms with van der Waals surface area (Å²) in [6, 6.07) is 9.87. The topological polar surface area (TPSA) is 246 Å². The van der Waals surface area contributed by atoms with Crippen LogP contribution in [0.3, 0.4) is 0 Å². The van der Waals surface area contributed by atoms with Gasteiger partial charge in [-0.3, -0.25) is 9.05 Å². The van der Waals surface area contributed by atoms with Crippen LogP contribution in [-0.2, 0) is 28.7 Å². The molecule has 5 N–H and O–H groups in total. The van der Waals surface area contributed by atoms with Crippen molar-refractivity contribution < 1.29 is 52.4 Å². The Morgan fingerprint density at radius 2 is 1.53 bits per heavy atom. The minimum Gasteiger partial charge on any atom is -0.495 e. The Hall–Kier alpha value is -4.03. The Morgan fingerprint density at radius 1 is 0.931 bits per heavy atom. The number of aliphatic hydroxyl groups is 2. The molecule has 1 unspecified atom stereocenters. The lowest BCUT2D eigenvalue weighted by molar-refractivity contribution is -0.0651. The van der Waals surface area contributed by atoms with Gasteiger partial charge in [0, 0.05) is 18.7 Å². The molecular formula is C40H59N6O11P. The summed E-state index contributed by atoms with van der Waals surface area (Å²) in [7, 11) is -2.06. The van der Waals surface area contributed by atoms with Crippen LogP contribution in [0, 0.1) is 22.7 Å². The number of phosphoric acid groups is 1. The number of ether oxygens (including phenoxy) is 5. The number of aliphatic hydroxyl groups excluding tert-OH is 2. The van der Waals surface area contributed by atoms with Crippen LogP contribution in [0.5, 0.6) is 17.2 Å². The SMILES string of the molecule is CCCCCCCCCCCCCCCCOC[C@H](COP(=O)(O)OC[C@H]1O[C@@](C#N)(c2ccc3c(N)ncnn23)[C@H](O)[C@@H]1O)Oc1cc(OC)c(C#N)c(OC)c1. The van der Waals surface area contributed by atoms with Gasteiger partial charge in [0.25, 0.3) is 0 Å². The van der Waals surface area contributed by atoms with Crippen LogP contribution in [0.25, 0.3) is 5.52 Å². The minimum atomic E-state index is -4.85. The predicted octanol–water partition coefficient (Wildman–Crippen LogP) is 6.12. The van der Waals surface area contributed by atoms with E-state index >= 15 is 0 Å². The van der Waals surface area contributed by atoms with Crippen molar-refractivity contribution in [2.24, 2.45) is 0 Å². The maximum Gasteiger partial charge on any atom is 0.472 e. The summed E-state index contributed by atoms with van der Waals surface area (Å²) >= 11 is 0. The van der Waals surface area contributed by atoms with Crippen molar-refractivity contribution in [1.82, 2.24) is 14.6 Å². The molecule has 0 saturated carbocycles. The van der Waals surface area contributed by atoms with Gasteiger partial charge in [-0.2, -0.15) is 15.6 Å². The Balaban J connectivity index is 1.29. The van der Waals surface area contributed by atoms with Gasteiger partial charge in [0.2, 0.25) is 5.60 Å². The molecule has 1 aromatic carbocycles. The molecule has 0 aliphatic carbocycles. The number of hydrogen-bond donors (Lipinski definition) is 4. The second-order valence-electron chi connectivity index (χ2n) is 14.4. The number of nitrogens with zero attached hydrogens (tertiary/aromatic N) is 5. The molecule has 0 spiro atoms. The van der Waals surface area contributed by atoms with Crippen LogP contribution in [0.15, 0.2) is 30.6 Å². The van der Waals surface area contributed by atoms with E-state index < -0.39 is 51.1 Å². The monoisotopic (exact) mass is 830 g/mol. The van der Waals surface area contributed by atoms with Gasteiger partial charge in [-0.25, -0.2) is 14.1 Å². The number of nitrogen functional groups attached to an aromatic ring is 1. The van der Waals surface area contributed by atoms with Crippen molar-refractivity contribution in [3.8, 4) is 29.4 Å². The van der Waals surface area contributed by atoms with E-state index in [0.717, 1.165) is 25.6 Å². The van der Waals surface area contributed by atoms with Crippen molar-refractivity contribution in [1.29, 1.82) is 10.5 Å². The molecule has 1 aliphatic rings. The number of nitrogens with two attached hydrogens (primary N) is 1. The summed E-state index contributed by atoms with van der Waals surface area (Å²) in [5.74, 6) is 0.738. The summed E-state index contributed by atoms with van der Waals surface area (Å²) in [6.45, 7) is 1.43. The first-order valence-corrected chi connectivity index (χ1v) is 21.6.